The van der Waals surface area contributed by atoms with Gasteiger partial charge in [-0.1, -0.05) is 59.6 Å². The quantitative estimate of drug-likeness (QED) is 0.434. The van der Waals surface area contributed by atoms with E-state index in [9.17, 15) is 0 Å². The predicted molar refractivity (Wildman–Crippen MR) is 112 cm³/mol. The molecule has 1 heterocycles. The van der Waals surface area contributed by atoms with Gasteiger partial charge in [0.05, 0.1) is 0 Å². The molecule has 3 N–H and O–H groups in total. The zero-order valence-corrected chi connectivity index (χ0v) is 16.5. The lowest BCUT2D eigenvalue weighted by Gasteiger charge is -2.05. The van der Waals surface area contributed by atoms with Gasteiger partial charge in [-0.15, -0.1) is 0 Å². The van der Waals surface area contributed by atoms with Crippen molar-refractivity contribution in [1.82, 2.24) is 4.98 Å². The van der Waals surface area contributed by atoms with Crippen LogP contribution in [0.2, 0.25) is 0 Å². The van der Waals surface area contributed by atoms with Gasteiger partial charge >= 0.3 is 0 Å². The first-order valence-electron chi connectivity index (χ1n) is 9.33. The fraction of sp³-hybridized carbons (Fsp3) is 0.364. The molecule has 0 radical (unpaired) electrons. The molecule has 25 heavy (non-hydrogen) atoms. The standard InChI is InChI=1S/C22H27BrN2/c1-2-3-7-16-8-6-10-20-19(9-4-5-15-24)22(25-21(16)20)17-11-13-18(23)14-12-17/h6,8,10-14,25H,2-5,7,9,15,24H2,1H3. The van der Waals surface area contributed by atoms with E-state index < -0.39 is 0 Å². The van der Waals surface area contributed by atoms with Crippen molar-refractivity contribution in [2.24, 2.45) is 5.73 Å². The van der Waals surface area contributed by atoms with E-state index in [1.165, 1.54) is 46.1 Å². The highest BCUT2D eigenvalue weighted by Gasteiger charge is 2.15. The highest BCUT2D eigenvalue weighted by atomic mass is 79.9. The lowest BCUT2D eigenvalue weighted by Crippen LogP contribution is -1.99. The molecule has 1 aromatic heterocycles. The summed E-state index contributed by atoms with van der Waals surface area (Å²) in [6, 6.07) is 15.3. The van der Waals surface area contributed by atoms with Crippen LogP contribution in [0, 0.1) is 0 Å². The second-order valence-corrected chi connectivity index (χ2v) is 7.59. The third kappa shape index (κ3) is 4.16. The number of aromatic amines is 1. The monoisotopic (exact) mass is 398 g/mol. The third-order valence-electron chi connectivity index (χ3n) is 4.84. The van der Waals surface area contributed by atoms with E-state index >= 15 is 0 Å². The summed E-state index contributed by atoms with van der Waals surface area (Å²) in [6.45, 7) is 3.01. The molecule has 0 aliphatic heterocycles. The zero-order valence-electron chi connectivity index (χ0n) is 14.9. The normalized spacial score (nSPS) is 11.3. The summed E-state index contributed by atoms with van der Waals surface area (Å²) in [6.07, 6.45) is 6.86. The molecular formula is C22H27BrN2. The average molecular weight is 399 g/mol. The molecule has 0 saturated carbocycles. The fourth-order valence-corrected chi connectivity index (χ4v) is 3.74. The van der Waals surface area contributed by atoms with E-state index in [4.69, 9.17) is 5.73 Å². The Bertz CT molecular complexity index is 818. The average Bonchev–Trinajstić information content (AvgIpc) is 3.00. The number of benzene rings is 2. The topological polar surface area (TPSA) is 41.8 Å². The van der Waals surface area contributed by atoms with E-state index in [-0.39, 0.29) is 0 Å². The molecular weight excluding hydrogens is 372 g/mol. The molecule has 0 atom stereocenters. The fourth-order valence-electron chi connectivity index (χ4n) is 3.48. The first-order chi connectivity index (χ1) is 12.2. The highest BCUT2D eigenvalue weighted by molar-refractivity contribution is 9.10. The summed E-state index contributed by atoms with van der Waals surface area (Å²) in [5.41, 5.74) is 12.4. The summed E-state index contributed by atoms with van der Waals surface area (Å²) >= 11 is 3.54. The lowest BCUT2D eigenvalue weighted by molar-refractivity contribution is 0.748. The number of rotatable bonds is 8. The summed E-state index contributed by atoms with van der Waals surface area (Å²) in [5, 5.41) is 1.38. The molecule has 0 fully saturated rings. The molecule has 0 aliphatic carbocycles. The van der Waals surface area contributed by atoms with Crippen LogP contribution in [0.1, 0.15) is 43.7 Å². The van der Waals surface area contributed by atoms with Gasteiger partial charge in [0.1, 0.15) is 0 Å². The van der Waals surface area contributed by atoms with Crippen molar-refractivity contribution in [3.05, 3.63) is 58.1 Å². The molecule has 3 aromatic rings. The van der Waals surface area contributed by atoms with Crippen molar-refractivity contribution in [2.75, 3.05) is 6.54 Å². The Hall–Kier alpha value is -1.58. The number of hydrogen-bond donors (Lipinski definition) is 2. The number of halogens is 1. The molecule has 132 valence electrons. The van der Waals surface area contributed by atoms with Crippen molar-refractivity contribution in [3.63, 3.8) is 0 Å². The Morgan fingerprint density at radius 1 is 0.960 bits per heavy atom. The van der Waals surface area contributed by atoms with Crippen LogP contribution in [0.25, 0.3) is 22.2 Å². The van der Waals surface area contributed by atoms with Gasteiger partial charge in [-0.25, -0.2) is 0 Å². The Balaban J connectivity index is 2.09. The number of hydrogen-bond acceptors (Lipinski definition) is 1. The van der Waals surface area contributed by atoms with Crippen LogP contribution in [0.3, 0.4) is 0 Å². The summed E-state index contributed by atoms with van der Waals surface area (Å²) in [5.74, 6) is 0. The maximum Gasteiger partial charge on any atom is 0.0497 e. The molecule has 0 spiro atoms. The van der Waals surface area contributed by atoms with Crippen molar-refractivity contribution < 1.29 is 0 Å². The Morgan fingerprint density at radius 2 is 1.76 bits per heavy atom. The van der Waals surface area contributed by atoms with E-state index in [2.05, 4.69) is 70.3 Å². The first kappa shape index (κ1) is 18.2. The van der Waals surface area contributed by atoms with E-state index in [0.717, 1.165) is 36.7 Å². The van der Waals surface area contributed by atoms with E-state index in [1.54, 1.807) is 0 Å². The minimum atomic E-state index is 0.762. The minimum absolute atomic E-state index is 0.762. The maximum absolute atomic E-state index is 5.71. The molecule has 0 amide bonds. The summed E-state index contributed by atoms with van der Waals surface area (Å²) in [4.78, 5) is 3.76. The lowest BCUT2D eigenvalue weighted by atomic mass is 9.98. The van der Waals surface area contributed by atoms with Gasteiger partial charge in [-0.3, -0.25) is 0 Å². The van der Waals surface area contributed by atoms with Crippen molar-refractivity contribution in [1.29, 1.82) is 0 Å². The molecule has 0 aliphatic rings. The number of para-hydroxylation sites is 1. The van der Waals surface area contributed by atoms with E-state index in [0.29, 0.717) is 0 Å². The third-order valence-corrected chi connectivity index (χ3v) is 5.37. The first-order valence-corrected chi connectivity index (χ1v) is 10.1. The number of aryl methyl sites for hydroxylation is 2. The van der Waals surface area contributed by atoms with Crippen molar-refractivity contribution >= 4 is 26.8 Å². The van der Waals surface area contributed by atoms with Gasteiger partial charge in [0.2, 0.25) is 0 Å². The predicted octanol–water partition coefficient (Wildman–Crippen LogP) is 6.22. The number of nitrogens with two attached hydrogens (primary N) is 1. The SMILES string of the molecule is CCCCc1cccc2c(CCCCN)c(-c3ccc(Br)cc3)[nH]c12. The molecule has 0 saturated heterocycles. The number of fused-ring (bicyclic) bond motifs is 1. The van der Waals surface area contributed by atoms with Crippen molar-refractivity contribution in [2.45, 2.75) is 45.4 Å². The number of nitrogens with one attached hydrogen (secondary N) is 1. The number of H-pyrrole nitrogens is 1. The Labute approximate surface area is 159 Å². The Kier molecular flexibility index (Phi) is 6.33. The highest BCUT2D eigenvalue weighted by Crippen LogP contribution is 2.34. The maximum atomic E-state index is 5.71. The largest absolute Gasteiger partial charge is 0.354 e. The summed E-state index contributed by atoms with van der Waals surface area (Å²) < 4.78 is 1.11. The second-order valence-electron chi connectivity index (χ2n) is 6.67. The molecule has 2 nitrogen and oxygen atoms in total. The van der Waals surface area contributed by atoms with Crippen LogP contribution < -0.4 is 5.73 Å². The smallest absolute Gasteiger partial charge is 0.0497 e. The van der Waals surface area contributed by atoms with Crippen LogP contribution in [-0.4, -0.2) is 11.5 Å². The van der Waals surface area contributed by atoms with Crippen LogP contribution in [-0.2, 0) is 12.8 Å². The van der Waals surface area contributed by atoms with E-state index in [1.807, 2.05) is 0 Å². The molecule has 3 heteroatoms. The van der Waals surface area contributed by atoms with Gasteiger partial charge in [0.25, 0.3) is 0 Å². The van der Waals surface area contributed by atoms with Gasteiger partial charge in [0.15, 0.2) is 0 Å². The van der Waals surface area contributed by atoms with Crippen LogP contribution >= 0.6 is 15.9 Å². The molecule has 0 unspecified atom stereocenters. The van der Waals surface area contributed by atoms with Gasteiger partial charge in [-0.05, 0) is 67.5 Å². The minimum Gasteiger partial charge on any atom is -0.354 e. The number of unbranched alkanes of at least 4 members (excludes halogenated alkanes) is 2. The van der Waals surface area contributed by atoms with Crippen LogP contribution in [0.4, 0.5) is 0 Å². The van der Waals surface area contributed by atoms with Gasteiger partial charge in [0, 0.05) is 21.1 Å². The Morgan fingerprint density at radius 3 is 2.48 bits per heavy atom. The van der Waals surface area contributed by atoms with Crippen molar-refractivity contribution in [3.8, 4) is 11.3 Å². The van der Waals surface area contributed by atoms with Gasteiger partial charge in [-0.2, -0.15) is 0 Å². The van der Waals surface area contributed by atoms with Crippen LogP contribution in [0.15, 0.2) is 46.9 Å². The second kappa shape index (κ2) is 8.68. The summed E-state index contributed by atoms with van der Waals surface area (Å²) in [7, 11) is 0. The number of aromatic nitrogens is 1. The molecule has 3 rings (SSSR count). The van der Waals surface area contributed by atoms with Crippen LogP contribution in [0.5, 0.6) is 0 Å². The molecule has 2 aromatic carbocycles. The zero-order chi connectivity index (χ0) is 17.6. The molecule has 0 bridgehead atoms. The van der Waals surface area contributed by atoms with Gasteiger partial charge < -0.3 is 10.7 Å².